The number of rotatable bonds is 3. The topological polar surface area (TPSA) is 49.3 Å². The van der Waals surface area contributed by atoms with Crippen LogP contribution in [0.25, 0.3) is 16.3 Å². The third kappa shape index (κ3) is 3.53. The lowest BCUT2D eigenvalue weighted by Gasteiger charge is -2.34. The molecular formula is C19H18N4OS. The summed E-state index contributed by atoms with van der Waals surface area (Å²) in [5.74, 6) is 1.01. The molecule has 1 aromatic carbocycles. The Kier molecular flexibility index (Phi) is 4.43. The molecule has 1 aliphatic heterocycles. The third-order valence-corrected chi connectivity index (χ3v) is 5.25. The number of para-hydroxylation sites is 1. The van der Waals surface area contributed by atoms with Gasteiger partial charge in [0.2, 0.25) is 5.91 Å². The summed E-state index contributed by atoms with van der Waals surface area (Å²) in [6.45, 7) is 3.02. The van der Waals surface area contributed by atoms with Gasteiger partial charge >= 0.3 is 0 Å². The standard InChI is InChI=1S/C19H18N4OS/c24-19(9-8-18-21-15-5-1-2-6-16(15)25-18)23-13-11-22(12-14-23)17-7-3-4-10-20-17/h1-10H,11-14H2/b9-8+. The van der Waals surface area contributed by atoms with Gasteiger partial charge < -0.3 is 9.80 Å². The second-order valence-corrected chi connectivity index (χ2v) is 6.92. The van der Waals surface area contributed by atoms with Gasteiger partial charge in [-0.1, -0.05) is 18.2 Å². The van der Waals surface area contributed by atoms with E-state index < -0.39 is 0 Å². The minimum absolute atomic E-state index is 0.0416. The molecule has 5 nitrogen and oxygen atoms in total. The molecule has 0 unspecified atom stereocenters. The molecule has 126 valence electrons. The highest BCUT2D eigenvalue weighted by molar-refractivity contribution is 7.19. The van der Waals surface area contributed by atoms with Crippen LogP contribution < -0.4 is 4.90 Å². The van der Waals surface area contributed by atoms with E-state index in [1.165, 1.54) is 0 Å². The summed E-state index contributed by atoms with van der Waals surface area (Å²) in [4.78, 5) is 25.4. The van der Waals surface area contributed by atoms with Crippen molar-refractivity contribution in [3.63, 3.8) is 0 Å². The van der Waals surface area contributed by atoms with Gasteiger partial charge in [0.25, 0.3) is 0 Å². The Balaban J connectivity index is 1.37. The summed E-state index contributed by atoms with van der Waals surface area (Å²) in [5.41, 5.74) is 0.976. The lowest BCUT2D eigenvalue weighted by atomic mass is 10.3. The average molecular weight is 350 g/mol. The number of carbonyl (C=O) groups excluding carboxylic acids is 1. The van der Waals surface area contributed by atoms with Crippen molar-refractivity contribution in [3.05, 3.63) is 59.7 Å². The lowest BCUT2D eigenvalue weighted by Crippen LogP contribution is -2.48. The zero-order valence-corrected chi connectivity index (χ0v) is 14.5. The number of fused-ring (bicyclic) bond motifs is 1. The van der Waals surface area contributed by atoms with Crippen molar-refractivity contribution in [2.75, 3.05) is 31.1 Å². The molecule has 1 saturated heterocycles. The number of benzene rings is 1. The van der Waals surface area contributed by atoms with E-state index in [1.807, 2.05) is 53.4 Å². The summed E-state index contributed by atoms with van der Waals surface area (Å²) >= 11 is 1.60. The van der Waals surface area contributed by atoms with E-state index in [0.717, 1.165) is 34.1 Å². The first-order valence-corrected chi connectivity index (χ1v) is 9.10. The van der Waals surface area contributed by atoms with Gasteiger partial charge in [-0.05, 0) is 30.3 Å². The monoisotopic (exact) mass is 350 g/mol. The molecule has 3 heterocycles. The number of amides is 1. The van der Waals surface area contributed by atoms with E-state index in [0.29, 0.717) is 13.1 Å². The largest absolute Gasteiger partial charge is 0.353 e. The van der Waals surface area contributed by atoms with Crippen LogP contribution in [0.4, 0.5) is 5.82 Å². The quantitative estimate of drug-likeness (QED) is 0.681. The molecule has 25 heavy (non-hydrogen) atoms. The van der Waals surface area contributed by atoms with Crippen molar-refractivity contribution < 1.29 is 4.79 Å². The number of thiazole rings is 1. The second-order valence-electron chi connectivity index (χ2n) is 5.85. The predicted molar refractivity (Wildman–Crippen MR) is 102 cm³/mol. The number of carbonyl (C=O) groups is 1. The zero-order chi connectivity index (χ0) is 17.1. The number of hydrogen-bond donors (Lipinski definition) is 0. The van der Waals surface area contributed by atoms with Crippen LogP contribution in [0.15, 0.2) is 54.7 Å². The number of anilines is 1. The first kappa shape index (κ1) is 15.8. The van der Waals surface area contributed by atoms with Crippen LogP contribution in [0.5, 0.6) is 0 Å². The van der Waals surface area contributed by atoms with E-state index in [2.05, 4.69) is 14.9 Å². The highest BCUT2D eigenvalue weighted by Gasteiger charge is 2.20. The Bertz CT molecular complexity index is 865. The predicted octanol–water partition coefficient (Wildman–Crippen LogP) is 3.05. The molecule has 0 atom stereocenters. The minimum atomic E-state index is 0.0416. The fraction of sp³-hybridized carbons (Fsp3) is 0.211. The van der Waals surface area contributed by atoms with Crippen molar-refractivity contribution in [1.82, 2.24) is 14.9 Å². The van der Waals surface area contributed by atoms with Crippen LogP contribution in [0.1, 0.15) is 5.01 Å². The Morgan fingerprint density at radius 2 is 1.84 bits per heavy atom. The highest BCUT2D eigenvalue weighted by Crippen LogP contribution is 2.22. The van der Waals surface area contributed by atoms with Gasteiger partial charge in [0, 0.05) is 38.5 Å². The average Bonchev–Trinajstić information content (AvgIpc) is 3.10. The Hall–Kier alpha value is -2.73. The maximum Gasteiger partial charge on any atom is 0.246 e. The maximum atomic E-state index is 12.4. The van der Waals surface area contributed by atoms with Gasteiger partial charge in [0.15, 0.2) is 0 Å². The van der Waals surface area contributed by atoms with Crippen LogP contribution in [-0.4, -0.2) is 47.0 Å². The summed E-state index contributed by atoms with van der Waals surface area (Å²) < 4.78 is 1.14. The summed E-state index contributed by atoms with van der Waals surface area (Å²) in [7, 11) is 0. The molecule has 0 bridgehead atoms. The SMILES string of the molecule is O=C(/C=C/c1nc2ccccc2s1)N1CCN(c2ccccn2)CC1. The zero-order valence-electron chi connectivity index (χ0n) is 13.7. The van der Waals surface area contributed by atoms with Gasteiger partial charge in [-0.25, -0.2) is 9.97 Å². The molecular weight excluding hydrogens is 332 g/mol. The molecule has 0 aliphatic carbocycles. The van der Waals surface area contributed by atoms with Gasteiger partial charge in [0.1, 0.15) is 10.8 Å². The molecule has 0 N–H and O–H groups in total. The van der Waals surface area contributed by atoms with Gasteiger partial charge in [-0.15, -0.1) is 11.3 Å². The molecule has 1 fully saturated rings. The first-order valence-electron chi connectivity index (χ1n) is 8.28. The molecule has 6 heteroatoms. The van der Waals surface area contributed by atoms with E-state index in [1.54, 1.807) is 23.6 Å². The minimum Gasteiger partial charge on any atom is -0.353 e. The molecule has 1 amide bonds. The maximum absolute atomic E-state index is 12.4. The number of pyridine rings is 1. The number of nitrogens with zero attached hydrogens (tertiary/aromatic N) is 4. The second kappa shape index (κ2) is 7.03. The molecule has 4 rings (SSSR count). The number of hydrogen-bond acceptors (Lipinski definition) is 5. The van der Waals surface area contributed by atoms with Crippen LogP contribution in [0.2, 0.25) is 0 Å². The van der Waals surface area contributed by atoms with E-state index >= 15 is 0 Å². The fourth-order valence-electron chi connectivity index (χ4n) is 2.91. The molecule has 0 saturated carbocycles. The van der Waals surface area contributed by atoms with Crippen LogP contribution in [-0.2, 0) is 4.79 Å². The lowest BCUT2D eigenvalue weighted by molar-refractivity contribution is -0.126. The van der Waals surface area contributed by atoms with Crippen molar-refractivity contribution in [1.29, 1.82) is 0 Å². The molecule has 0 spiro atoms. The molecule has 3 aromatic rings. The van der Waals surface area contributed by atoms with Crippen LogP contribution in [0.3, 0.4) is 0 Å². The normalized spacial score (nSPS) is 15.2. The van der Waals surface area contributed by atoms with Crippen molar-refractivity contribution in [2.45, 2.75) is 0 Å². The molecule has 1 aliphatic rings. The van der Waals surface area contributed by atoms with Gasteiger partial charge in [-0.2, -0.15) is 0 Å². The third-order valence-electron chi connectivity index (χ3n) is 4.24. The van der Waals surface area contributed by atoms with Crippen molar-refractivity contribution in [2.24, 2.45) is 0 Å². The number of aromatic nitrogens is 2. The smallest absolute Gasteiger partial charge is 0.246 e. The Morgan fingerprint density at radius 3 is 2.60 bits per heavy atom. The fourth-order valence-corrected chi connectivity index (χ4v) is 3.78. The first-order chi connectivity index (χ1) is 12.3. The Morgan fingerprint density at radius 1 is 1.04 bits per heavy atom. The van der Waals surface area contributed by atoms with Crippen molar-refractivity contribution >= 4 is 39.4 Å². The molecule has 2 aromatic heterocycles. The summed E-state index contributed by atoms with van der Waals surface area (Å²) in [6, 6.07) is 13.9. The molecule has 0 radical (unpaired) electrons. The van der Waals surface area contributed by atoms with Gasteiger partial charge in [-0.3, -0.25) is 4.79 Å². The van der Waals surface area contributed by atoms with Crippen molar-refractivity contribution in [3.8, 4) is 0 Å². The van der Waals surface area contributed by atoms with E-state index in [-0.39, 0.29) is 5.91 Å². The highest BCUT2D eigenvalue weighted by atomic mass is 32.1. The van der Waals surface area contributed by atoms with Crippen LogP contribution >= 0.6 is 11.3 Å². The summed E-state index contributed by atoms with van der Waals surface area (Å²) in [6.07, 6.45) is 5.25. The Labute approximate surface area is 150 Å². The van der Waals surface area contributed by atoms with Gasteiger partial charge in [0.05, 0.1) is 10.2 Å². The van der Waals surface area contributed by atoms with E-state index in [4.69, 9.17) is 0 Å². The number of piperazine rings is 1. The summed E-state index contributed by atoms with van der Waals surface area (Å²) in [5, 5.41) is 0.863. The van der Waals surface area contributed by atoms with Crippen LogP contribution in [0, 0.1) is 0 Å². The van der Waals surface area contributed by atoms with E-state index in [9.17, 15) is 4.79 Å².